The molecule has 1 atom stereocenters. The summed E-state index contributed by atoms with van der Waals surface area (Å²) < 4.78 is 5.75. The molecule has 3 heteroatoms. The third kappa shape index (κ3) is 6.13. The monoisotopic (exact) mass is 215 g/mol. The van der Waals surface area contributed by atoms with Gasteiger partial charge in [0.2, 0.25) is 0 Å². The van der Waals surface area contributed by atoms with E-state index in [9.17, 15) is 0 Å². The van der Waals surface area contributed by atoms with Crippen LogP contribution >= 0.6 is 0 Å². The molecule has 0 heterocycles. The van der Waals surface area contributed by atoms with Gasteiger partial charge < -0.3 is 15.2 Å². The van der Waals surface area contributed by atoms with Crippen LogP contribution in [0.15, 0.2) is 0 Å². The second kappa shape index (κ2) is 8.08. The number of nitrogens with one attached hydrogen (secondary N) is 1. The zero-order valence-electron chi connectivity index (χ0n) is 9.87. The molecule has 1 fully saturated rings. The Morgan fingerprint density at radius 2 is 2.13 bits per heavy atom. The van der Waals surface area contributed by atoms with Crippen LogP contribution in [0.5, 0.6) is 0 Å². The first-order chi connectivity index (χ1) is 7.33. The molecule has 1 aliphatic carbocycles. The zero-order valence-corrected chi connectivity index (χ0v) is 9.87. The van der Waals surface area contributed by atoms with E-state index in [1.807, 2.05) is 0 Å². The molecule has 1 unspecified atom stereocenters. The lowest BCUT2D eigenvalue weighted by atomic mass is 10.2. The highest BCUT2D eigenvalue weighted by molar-refractivity contribution is 4.67. The lowest BCUT2D eigenvalue weighted by Gasteiger charge is -2.15. The van der Waals surface area contributed by atoms with Crippen molar-refractivity contribution in [3.8, 4) is 0 Å². The maximum absolute atomic E-state index is 8.68. The minimum Gasteiger partial charge on any atom is -0.396 e. The van der Waals surface area contributed by atoms with Crippen LogP contribution < -0.4 is 5.32 Å². The van der Waals surface area contributed by atoms with Gasteiger partial charge in [0.25, 0.3) is 0 Å². The van der Waals surface area contributed by atoms with Crippen molar-refractivity contribution in [3.63, 3.8) is 0 Å². The van der Waals surface area contributed by atoms with Crippen molar-refractivity contribution in [2.24, 2.45) is 0 Å². The van der Waals surface area contributed by atoms with E-state index in [1.165, 1.54) is 25.7 Å². The van der Waals surface area contributed by atoms with Crippen molar-refractivity contribution < 1.29 is 9.84 Å². The minimum atomic E-state index is 0.296. The van der Waals surface area contributed by atoms with Crippen LogP contribution in [-0.4, -0.2) is 37.0 Å². The van der Waals surface area contributed by atoms with Crippen molar-refractivity contribution in [3.05, 3.63) is 0 Å². The summed E-state index contributed by atoms with van der Waals surface area (Å²) in [4.78, 5) is 0. The Hall–Kier alpha value is -0.120. The fraction of sp³-hybridized carbons (Fsp3) is 1.00. The van der Waals surface area contributed by atoms with Crippen LogP contribution in [0.2, 0.25) is 0 Å². The Morgan fingerprint density at radius 3 is 2.80 bits per heavy atom. The maximum Gasteiger partial charge on any atom is 0.0594 e. The smallest absolute Gasteiger partial charge is 0.0594 e. The molecule has 0 radical (unpaired) electrons. The SMILES string of the molecule is CC(CCCO)NCCOC1CCCC1. The Balaban J connectivity index is 1.87. The molecule has 0 bridgehead atoms. The molecule has 0 amide bonds. The average molecular weight is 215 g/mol. The summed E-state index contributed by atoms with van der Waals surface area (Å²) in [5.41, 5.74) is 0. The largest absolute Gasteiger partial charge is 0.396 e. The third-order valence-corrected chi connectivity index (χ3v) is 3.05. The average Bonchev–Trinajstić information content (AvgIpc) is 2.74. The molecule has 1 aliphatic rings. The van der Waals surface area contributed by atoms with Gasteiger partial charge in [-0.05, 0) is 32.6 Å². The highest BCUT2D eigenvalue weighted by Crippen LogP contribution is 2.20. The summed E-state index contributed by atoms with van der Waals surface area (Å²) in [6, 6.07) is 0.490. The van der Waals surface area contributed by atoms with Crippen molar-refractivity contribution in [1.29, 1.82) is 0 Å². The lowest BCUT2D eigenvalue weighted by molar-refractivity contribution is 0.0591. The maximum atomic E-state index is 8.68. The number of rotatable bonds is 8. The van der Waals surface area contributed by atoms with Gasteiger partial charge >= 0.3 is 0 Å². The van der Waals surface area contributed by atoms with Crippen molar-refractivity contribution >= 4 is 0 Å². The Labute approximate surface area is 93.2 Å². The van der Waals surface area contributed by atoms with Gasteiger partial charge in [0.1, 0.15) is 0 Å². The van der Waals surface area contributed by atoms with Crippen molar-refractivity contribution in [2.45, 2.75) is 57.6 Å². The first-order valence-corrected chi connectivity index (χ1v) is 6.28. The van der Waals surface area contributed by atoms with E-state index in [1.54, 1.807) is 0 Å². The number of ether oxygens (including phenoxy) is 1. The lowest BCUT2D eigenvalue weighted by Crippen LogP contribution is -2.30. The summed E-state index contributed by atoms with van der Waals surface area (Å²) in [7, 11) is 0. The number of aliphatic hydroxyl groups excluding tert-OH is 1. The summed E-state index contributed by atoms with van der Waals surface area (Å²) in [6.07, 6.45) is 7.63. The fourth-order valence-corrected chi connectivity index (χ4v) is 2.09. The van der Waals surface area contributed by atoms with E-state index in [4.69, 9.17) is 9.84 Å². The molecule has 0 aromatic heterocycles. The fourth-order valence-electron chi connectivity index (χ4n) is 2.09. The van der Waals surface area contributed by atoms with Crippen LogP contribution in [0.4, 0.5) is 0 Å². The second-order valence-electron chi connectivity index (χ2n) is 4.50. The van der Waals surface area contributed by atoms with E-state index >= 15 is 0 Å². The van der Waals surface area contributed by atoms with Crippen LogP contribution in [0.1, 0.15) is 45.4 Å². The van der Waals surface area contributed by atoms with E-state index in [0.717, 1.165) is 26.0 Å². The van der Waals surface area contributed by atoms with Gasteiger partial charge in [-0.25, -0.2) is 0 Å². The van der Waals surface area contributed by atoms with Gasteiger partial charge in [0.15, 0.2) is 0 Å². The van der Waals surface area contributed by atoms with Crippen molar-refractivity contribution in [1.82, 2.24) is 5.32 Å². The van der Waals surface area contributed by atoms with Gasteiger partial charge in [-0.15, -0.1) is 0 Å². The molecule has 0 aromatic rings. The van der Waals surface area contributed by atoms with Gasteiger partial charge in [-0.3, -0.25) is 0 Å². The molecule has 0 saturated heterocycles. The first-order valence-electron chi connectivity index (χ1n) is 6.28. The second-order valence-corrected chi connectivity index (χ2v) is 4.50. The van der Waals surface area contributed by atoms with Crippen LogP contribution in [0.25, 0.3) is 0 Å². The van der Waals surface area contributed by atoms with Gasteiger partial charge in [-0.2, -0.15) is 0 Å². The topological polar surface area (TPSA) is 41.5 Å². The Morgan fingerprint density at radius 1 is 1.40 bits per heavy atom. The Kier molecular flexibility index (Phi) is 6.98. The van der Waals surface area contributed by atoms with E-state index in [-0.39, 0.29) is 0 Å². The highest BCUT2D eigenvalue weighted by atomic mass is 16.5. The first kappa shape index (κ1) is 12.9. The molecule has 0 aliphatic heterocycles. The van der Waals surface area contributed by atoms with Crippen LogP contribution in [0, 0.1) is 0 Å². The molecule has 1 saturated carbocycles. The molecule has 3 nitrogen and oxygen atoms in total. The molecule has 15 heavy (non-hydrogen) atoms. The normalized spacial score (nSPS) is 19.6. The standard InChI is InChI=1S/C12H25NO2/c1-11(5-4-9-14)13-8-10-15-12-6-2-3-7-12/h11-14H,2-10H2,1H3. The number of hydrogen-bond donors (Lipinski definition) is 2. The predicted octanol–water partition coefficient (Wildman–Crippen LogP) is 1.70. The van der Waals surface area contributed by atoms with Crippen LogP contribution in [0.3, 0.4) is 0 Å². The number of hydrogen-bond acceptors (Lipinski definition) is 3. The summed E-state index contributed by atoms with van der Waals surface area (Å²) in [5, 5.41) is 12.1. The summed E-state index contributed by atoms with van der Waals surface area (Å²) in [5.74, 6) is 0. The summed E-state index contributed by atoms with van der Waals surface area (Å²) >= 11 is 0. The summed E-state index contributed by atoms with van der Waals surface area (Å²) in [6.45, 7) is 4.22. The van der Waals surface area contributed by atoms with Gasteiger partial charge in [-0.1, -0.05) is 12.8 Å². The molecule has 2 N–H and O–H groups in total. The van der Waals surface area contributed by atoms with Gasteiger partial charge in [0, 0.05) is 19.2 Å². The van der Waals surface area contributed by atoms with Gasteiger partial charge in [0.05, 0.1) is 12.7 Å². The molecule has 90 valence electrons. The third-order valence-electron chi connectivity index (χ3n) is 3.05. The molecule has 0 spiro atoms. The molecule has 0 aromatic carbocycles. The minimum absolute atomic E-state index is 0.296. The van der Waals surface area contributed by atoms with E-state index < -0.39 is 0 Å². The molecular weight excluding hydrogens is 190 g/mol. The zero-order chi connectivity index (χ0) is 10.9. The highest BCUT2D eigenvalue weighted by Gasteiger charge is 2.14. The van der Waals surface area contributed by atoms with Crippen molar-refractivity contribution in [2.75, 3.05) is 19.8 Å². The molecule has 1 rings (SSSR count). The van der Waals surface area contributed by atoms with E-state index in [2.05, 4.69) is 12.2 Å². The quantitative estimate of drug-likeness (QED) is 0.606. The number of aliphatic hydroxyl groups is 1. The van der Waals surface area contributed by atoms with Crippen LogP contribution in [-0.2, 0) is 4.74 Å². The van der Waals surface area contributed by atoms with E-state index in [0.29, 0.717) is 18.8 Å². The Bertz CT molecular complexity index is 147. The predicted molar refractivity (Wildman–Crippen MR) is 62.0 cm³/mol. The molecular formula is C12H25NO2.